The lowest BCUT2D eigenvalue weighted by atomic mass is 10.1. The number of sulfonamides is 1. The van der Waals surface area contributed by atoms with E-state index < -0.39 is 16.0 Å². The summed E-state index contributed by atoms with van der Waals surface area (Å²) < 4.78 is 39.2. The maximum atomic E-state index is 12.9. The Labute approximate surface area is 169 Å². The topological polar surface area (TPSA) is 94.9 Å². The number of pyridine rings is 1. The van der Waals surface area contributed by atoms with Crippen molar-refractivity contribution in [1.29, 1.82) is 0 Å². The van der Waals surface area contributed by atoms with Crippen LogP contribution in [-0.4, -0.2) is 49.6 Å². The van der Waals surface area contributed by atoms with Crippen LogP contribution in [0.4, 0.5) is 0 Å². The van der Waals surface area contributed by atoms with Crippen molar-refractivity contribution in [2.45, 2.75) is 30.8 Å². The van der Waals surface area contributed by atoms with Gasteiger partial charge in [0.25, 0.3) is 5.56 Å². The zero-order valence-electron chi connectivity index (χ0n) is 16.6. The summed E-state index contributed by atoms with van der Waals surface area (Å²) >= 11 is 0. The number of aromatic nitrogens is 1. The Morgan fingerprint density at radius 1 is 1.10 bits per heavy atom. The molecule has 0 aliphatic carbocycles. The van der Waals surface area contributed by atoms with Crippen molar-refractivity contribution in [2.24, 2.45) is 7.05 Å². The molecule has 9 heteroatoms. The molecule has 0 amide bonds. The lowest BCUT2D eigenvalue weighted by Gasteiger charge is -2.31. The fourth-order valence-corrected chi connectivity index (χ4v) is 4.69. The van der Waals surface area contributed by atoms with Crippen molar-refractivity contribution in [3.05, 3.63) is 58.0 Å². The summed E-state index contributed by atoms with van der Waals surface area (Å²) in [4.78, 5) is 23.5. The van der Waals surface area contributed by atoms with Gasteiger partial charge in [-0.3, -0.25) is 4.79 Å². The molecule has 3 rings (SSSR count). The number of methoxy groups -OCH3 is 1. The van der Waals surface area contributed by atoms with Gasteiger partial charge in [-0.25, -0.2) is 13.2 Å². The predicted octanol–water partition coefficient (Wildman–Crippen LogP) is 1.71. The SMILES string of the molecule is COC(=O)c1ccc(S(=O)(=O)N2CCC(Oc3cc(C)n(C)c(=O)c3)CC2)cc1. The number of nitrogens with zero attached hydrogens (tertiary/aromatic N) is 2. The Morgan fingerprint density at radius 3 is 2.28 bits per heavy atom. The molecule has 2 aromatic rings. The molecule has 0 spiro atoms. The van der Waals surface area contributed by atoms with Crippen LogP contribution >= 0.6 is 0 Å². The summed E-state index contributed by atoms with van der Waals surface area (Å²) in [6.07, 6.45) is 0.885. The maximum Gasteiger partial charge on any atom is 0.337 e. The lowest BCUT2D eigenvalue weighted by Crippen LogP contribution is -2.41. The van der Waals surface area contributed by atoms with Crippen LogP contribution in [-0.2, 0) is 21.8 Å². The third-order valence-electron chi connectivity index (χ3n) is 5.09. The molecular weight excluding hydrogens is 396 g/mol. The first-order chi connectivity index (χ1) is 13.7. The van der Waals surface area contributed by atoms with E-state index in [0.717, 1.165) is 5.69 Å². The van der Waals surface area contributed by atoms with Crippen LogP contribution in [0.1, 0.15) is 28.9 Å². The van der Waals surface area contributed by atoms with Crippen LogP contribution in [0.15, 0.2) is 46.1 Å². The number of hydrogen-bond donors (Lipinski definition) is 0. The molecular formula is C20H24N2O6S. The minimum Gasteiger partial charge on any atom is -0.490 e. The standard InChI is InChI=1S/C20H24N2O6S/c1-14-12-17(13-19(23)21(14)2)28-16-8-10-22(11-9-16)29(25,26)18-6-4-15(5-7-18)20(24)27-3/h4-7,12-13,16H,8-11H2,1-3H3. The van der Waals surface area contributed by atoms with Gasteiger partial charge in [-0.15, -0.1) is 0 Å². The van der Waals surface area contributed by atoms with Crippen LogP contribution in [0.3, 0.4) is 0 Å². The average Bonchev–Trinajstić information content (AvgIpc) is 2.72. The molecule has 8 nitrogen and oxygen atoms in total. The fourth-order valence-electron chi connectivity index (χ4n) is 3.22. The third-order valence-corrected chi connectivity index (χ3v) is 7.01. The highest BCUT2D eigenvalue weighted by atomic mass is 32.2. The van der Waals surface area contributed by atoms with Gasteiger partial charge in [0.2, 0.25) is 10.0 Å². The lowest BCUT2D eigenvalue weighted by molar-refractivity contribution is 0.0600. The number of hydrogen-bond acceptors (Lipinski definition) is 6. The van der Waals surface area contributed by atoms with E-state index in [1.807, 2.05) is 6.92 Å². The Hall–Kier alpha value is -2.65. The Bertz CT molecular complexity index is 1050. The first kappa shape index (κ1) is 21.1. The third kappa shape index (κ3) is 4.51. The molecule has 1 fully saturated rings. The summed E-state index contributed by atoms with van der Waals surface area (Å²) in [6.45, 7) is 2.46. The molecule has 0 radical (unpaired) electrons. The van der Waals surface area contributed by atoms with Crippen LogP contribution in [0, 0.1) is 6.92 Å². The average molecular weight is 420 g/mol. The smallest absolute Gasteiger partial charge is 0.337 e. The monoisotopic (exact) mass is 420 g/mol. The molecule has 1 aromatic carbocycles. The Kier molecular flexibility index (Phi) is 6.09. The highest BCUT2D eigenvalue weighted by Gasteiger charge is 2.30. The van der Waals surface area contributed by atoms with E-state index in [2.05, 4.69) is 4.74 Å². The Morgan fingerprint density at radius 2 is 1.72 bits per heavy atom. The number of aryl methyl sites for hydroxylation is 1. The minimum atomic E-state index is -3.65. The summed E-state index contributed by atoms with van der Waals surface area (Å²) in [7, 11) is -0.686. The maximum absolute atomic E-state index is 12.9. The quantitative estimate of drug-likeness (QED) is 0.684. The summed E-state index contributed by atoms with van der Waals surface area (Å²) in [5.74, 6) is -0.0109. The second-order valence-corrected chi connectivity index (χ2v) is 8.90. The molecule has 1 aromatic heterocycles. The van der Waals surface area contributed by atoms with E-state index in [1.165, 1.54) is 46.3 Å². The molecule has 0 unspecified atom stereocenters. The first-order valence-corrected chi connectivity index (χ1v) is 10.7. The van der Waals surface area contributed by atoms with Gasteiger partial charge in [-0.05, 0) is 50.1 Å². The van der Waals surface area contributed by atoms with E-state index in [0.29, 0.717) is 37.2 Å². The summed E-state index contributed by atoms with van der Waals surface area (Å²) in [6, 6.07) is 8.94. The van der Waals surface area contributed by atoms with Gasteiger partial charge < -0.3 is 14.0 Å². The van der Waals surface area contributed by atoms with E-state index in [9.17, 15) is 18.0 Å². The van der Waals surface area contributed by atoms with Gasteiger partial charge in [0, 0.05) is 31.9 Å². The van der Waals surface area contributed by atoms with Gasteiger partial charge in [-0.1, -0.05) is 0 Å². The number of piperidine rings is 1. The van der Waals surface area contributed by atoms with Crippen LogP contribution in [0.2, 0.25) is 0 Å². The Balaban J connectivity index is 1.65. The van der Waals surface area contributed by atoms with E-state index in [-0.39, 0.29) is 16.6 Å². The second kappa shape index (κ2) is 8.38. The van der Waals surface area contributed by atoms with Crippen LogP contribution in [0.5, 0.6) is 5.75 Å². The molecule has 0 atom stereocenters. The highest BCUT2D eigenvalue weighted by Crippen LogP contribution is 2.24. The van der Waals surface area contributed by atoms with Gasteiger partial charge in [0.05, 0.1) is 17.6 Å². The van der Waals surface area contributed by atoms with E-state index in [4.69, 9.17) is 4.74 Å². The van der Waals surface area contributed by atoms with Gasteiger partial charge in [0.1, 0.15) is 11.9 Å². The fraction of sp³-hybridized carbons (Fsp3) is 0.400. The zero-order chi connectivity index (χ0) is 21.2. The molecule has 1 saturated heterocycles. The summed E-state index contributed by atoms with van der Waals surface area (Å²) in [5.41, 5.74) is 0.946. The molecule has 1 aliphatic rings. The molecule has 2 heterocycles. The van der Waals surface area contributed by atoms with E-state index in [1.54, 1.807) is 13.1 Å². The van der Waals surface area contributed by atoms with Gasteiger partial charge >= 0.3 is 5.97 Å². The molecule has 156 valence electrons. The molecule has 1 aliphatic heterocycles. The number of carbonyl (C=O) groups excluding carboxylic acids is 1. The number of rotatable bonds is 5. The van der Waals surface area contributed by atoms with Crippen molar-refractivity contribution in [1.82, 2.24) is 8.87 Å². The van der Waals surface area contributed by atoms with E-state index >= 15 is 0 Å². The van der Waals surface area contributed by atoms with Gasteiger partial charge in [0.15, 0.2) is 0 Å². The molecule has 0 saturated carbocycles. The van der Waals surface area contributed by atoms with Crippen molar-refractivity contribution >= 4 is 16.0 Å². The first-order valence-electron chi connectivity index (χ1n) is 9.25. The minimum absolute atomic E-state index is 0.131. The van der Waals surface area contributed by atoms with Gasteiger partial charge in [-0.2, -0.15) is 4.31 Å². The normalized spacial score (nSPS) is 15.8. The number of esters is 1. The van der Waals surface area contributed by atoms with Crippen LogP contribution in [0.25, 0.3) is 0 Å². The number of ether oxygens (including phenoxy) is 2. The molecule has 0 bridgehead atoms. The van der Waals surface area contributed by atoms with Crippen molar-refractivity contribution in [3.8, 4) is 5.75 Å². The molecule has 29 heavy (non-hydrogen) atoms. The highest BCUT2D eigenvalue weighted by molar-refractivity contribution is 7.89. The predicted molar refractivity (Wildman–Crippen MR) is 107 cm³/mol. The van der Waals surface area contributed by atoms with Crippen molar-refractivity contribution in [3.63, 3.8) is 0 Å². The largest absolute Gasteiger partial charge is 0.490 e. The zero-order valence-corrected chi connectivity index (χ0v) is 17.4. The summed E-state index contributed by atoms with van der Waals surface area (Å²) in [5, 5.41) is 0. The van der Waals surface area contributed by atoms with Crippen LogP contribution < -0.4 is 10.3 Å². The van der Waals surface area contributed by atoms with Crippen molar-refractivity contribution < 1.29 is 22.7 Å². The number of benzene rings is 1. The van der Waals surface area contributed by atoms with Crippen molar-refractivity contribution in [2.75, 3.05) is 20.2 Å². The molecule has 0 N–H and O–H groups in total. The second-order valence-electron chi connectivity index (χ2n) is 6.97. The number of carbonyl (C=O) groups is 1.